The standard InChI is InChI=1S/C25H33ClN4O3S/c1-19(3-4-20-18-28-25-10-5-21(26)17-24(20)25)29-34(31,32)23-8-6-22(7-9-23)33-16-2-13-30-14-11-27-12-15-30/h5-10,17-19,27-29H,2-4,11-16H2,1H3. The first kappa shape index (κ1) is 25.0. The van der Waals surface area contributed by atoms with E-state index in [1.54, 1.807) is 24.3 Å². The number of piperazine rings is 1. The summed E-state index contributed by atoms with van der Waals surface area (Å²) in [5.74, 6) is 0.685. The first-order valence-corrected chi connectivity index (χ1v) is 13.7. The Bertz CT molecular complexity index is 1170. The summed E-state index contributed by atoms with van der Waals surface area (Å²) in [5.41, 5.74) is 2.15. The van der Waals surface area contributed by atoms with E-state index in [9.17, 15) is 8.42 Å². The van der Waals surface area contributed by atoms with Gasteiger partial charge in [0.15, 0.2) is 0 Å². The molecule has 0 aliphatic carbocycles. The third-order valence-corrected chi connectivity index (χ3v) is 8.00. The van der Waals surface area contributed by atoms with Crippen LogP contribution in [0.15, 0.2) is 53.6 Å². The Balaban J connectivity index is 1.24. The van der Waals surface area contributed by atoms with Gasteiger partial charge >= 0.3 is 0 Å². The van der Waals surface area contributed by atoms with E-state index in [1.807, 2.05) is 31.3 Å². The first-order chi connectivity index (χ1) is 16.4. The molecular formula is C25H33ClN4O3S. The predicted molar refractivity (Wildman–Crippen MR) is 137 cm³/mol. The molecule has 7 nitrogen and oxygen atoms in total. The van der Waals surface area contributed by atoms with E-state index >= 15 is 0 Å². The summed E-state index contributed by atoms with van der Waals surface area (Å²) >= 11 is 6.13. The number of halogens is 1. The van der Waals surface area contributed by atoms with Gasteiger partial charge in [-0.15, -0.1) is 0 Å². The number of H-pyrrole nitrogens is 1. The number of aryl methyl sites for hydroxylation is 1. The van der Waals surface area contributed by atoms with Crippen LogP contribution in [0, 0.1) is 0 Å². The average molecular weight is 505 g/mol. The zero-order chi connectivity index (χ0) is 24.0. The van der Waals surface area contributed by atoms with E-state index in [0.29, 0.717) is 23.8 Å². The van der Waals surface area contributed by atoms with Crippen LogP contribution in [0.3, 0.4) is 0 Å². The first-order valence-electron chi connectivity index (χ1n) is 11.8. The second-order valence-electron chi connectivity index (χ2n) is 8.83. The van der Waals surface area contributed by atoms with Gasteiger partial charge in [-0.2, -0.15) is 0 Å². The molecule has 1 aliphatic rings. The Hall–Kier alpha value is -2.10. The average Bonchev–Trinajstić information content (AvgIpc) is 3.23. The molecule has 1 aliphatic heterocycles. The molecule has 0 amide bonds. The van der Waals surface area contributed by atoms with E-state index in [0.717, 1.165) is 62.0 Å². The van der Waals surface area contributed by atoms with E-state index in [4.69, 9.17) is 16.3 Å². The minimum Gasteiger partial charge on any atom is -0.494 e. The zero-order valence-corrected chi connectivity index (χ0v) is 21.1. The molecule has 184 valence electrons. The van der Waals surface area contributed by atoms with Crippen molar-refractivity contribution >= 4 is 32.5 Å². The van der Waals surface area contributed by atoms with E-state index < -0.39 is 10.0 Å². The topological polar surface area (TPSA) is 86.5 Å². The smallest absolute Gasteiger partial charge is 0.240 e. The summed E-state index contributed by atoms with van der Waals surface area (Å²) in [6.07, 6.45) is 4.32. The minimum absolute atomic E-state index is 0.213. The van der Waals surface area contributed by atoms with Gasteiger partial charge in [-0.3, -0.25) is 0 Å². The fourth-order valence-corrected chi connectivity index (χ4v) is 5.70. The van der Waals surface area contributed by atoms with E-state index in [1.165, 1.54) is 0 Å². The van der Waals surface area contributed by atoms with Gasteiger partial charge in [-0.25, -0.2) is 13.1 Å². The number of ether oxygens (including phenoxy) is 1. The molecule has 2 heterocycles. The van der Waals surface area contributed by atoms with Crippen LogP contribution in [0.5, 0.6) is 5.75 Å². The number of aromatic nitrogens is 1. The highest BCUT2D eigenvalue weighted by molar-refractivity contribution is 7.89. The molecule has 3 aromatic rings. The van der Waals surface area contributed by atoms with Gasteiger partial charge < -0.3 is 19.9 Å². The molecule has 0 bridgehead atoms. The summed E-state index contributed by atoms with van der Waals surface area (Å²) < 4.78 is 34.2. The van der Waals surface area contributed by atoms with Crippen LogP contribution in [0.2, 0.25) is 5.02 Å². The van der Waals surface area contributed by atoms with Crippen molar-refractivity contribution in [1.82, 2.24) is 19.9 Å². The maximum Gasteiger partial charge on any atom is 0.240 e. The number of aromatic amines is 1. The van der Waals surface area contributed by atoms with Crippen molar-refractivity contribution in [1.29, 1.82) is 0 Å². The van der Waals surface area contributed by atoms with E-state index in [2.05, 4.69) is 19.9 Å². The van der Waals surface area contributed by atoms with Crippen molar-refractivity contribution < 1.29 is 13.2 Å². The molecule has 1 atom stereocenters. The van der Waals surface area contributed by atoms with Crippen LogP contribution >= 0.6 is 11.6 Å². The predicted octanol–water partition coefficient (Wildman–Crippen LogP) is 3.80. The summed E-state index contributed by atoms with van der Waals surface area (Å²) in [4.78, 5) is 5.91. The highest BCUT2D eigenvalue weighted by atomic mass is 35.5. The van der Waals surface area contributed by atoms with Gasteiger partial charge in [0, 0.05) is 60.9 Å². The second-order valence-corrected chi connectivity index (χ2v) is 11.0. The number of nitrogens with zero attached hydrogens (tertiary/aromatic N) is 1. The SMILES string of the molecule is CC(CCc1c[nH]c2ccc(Cl)cc12)NS(=O)(=O)c1ccc(OCCCN2CCNCC2)cc1. The minimum atomic E-state index is -3.60. The molecule has 34 heavy (non-hydrogen) atoms. The number of hydrogen-bond donors (Lipinski definition) is 3. The van der Waals surface area contributed by atoms with Crippen LogP contribution in [0.4, 0.5) is 0 Å². The Morgan fingerprint density at radius 3 is 2.68 bits per heavy atom. The molecule has 3 N–H and O–H groups in total. The van der Waals surface area contributed by atoms with Crippen LogP contribution in [-0.4, -0.2) is 63.7 Å². The van der Waals surface area contributed by atoms with Crippen molar-refractivity contribution in [2.75, 3.05) is 39.3 Å². The Morgan fingerprint density at radius 1 is 1.15 bits per heavy atom. The zero-order valence-electron chi connectivity index (χ0n) is 19.5. The summed E-state index contributed by atoms with van der Waals surface area (Å²) in [5, 5.41) is 5.11. The maximum absolute atomic E-state index is 12.8. The maximum atomic E-state index is 12.8. The molecule has 2 aromatic carbocycles. The van der Waals surface area contributed by atoms with Crippen molar-refractivity contribution in [3.05, 3.63) is 59.2 Å². The van der Waals surface area contributed by atoms with Crippen molar-refractivity contribution in [3.63, 3.8) is 0 Å². The Kier molecular flexibility index (Phi) is 8.50. The highest BCUT2D eigenvalue weighted by Crippen LogP contribution is 2.24. The molecule has 4 rings (SSSR count). The molecule has 1 saturated heterocycles. The highest BCUT2D eigenvalue weighted by Gasteiger charge is 2.18. The summed E-state index contributed by atoms with van der Waals surface area (Å²) in [6.45, 7) is 7.76. The lowest BCUT2D eigenvalue weighted by Crippen LogP contribution is -2.43. The second kappa shape index (κ2) is 11.6. The van der Waals surface area contributed by atoms with Crippen molar-refractivity contribution in [2.45, 2.75) is 37.1 Å². The monoisotopic (exact) mass is 504 g/mol. The number of sulfonamides is 1. The number of rotatable bonds is 11. The fraction of sp³-hybridized carbons (Fsp3) is 0.440. The van der Waals surface area contributed by atoms with Crippen LogP contribution in [-0.2, 0) is 16.4 Å². The number of fused-ring (bicyclic) bond motifs is 1. The Labute approximate surface area is 206 Å². The molecule has 9 heteroatoms. The van der Waals surface area contributed by atoms with Gasteiger partial charge in [-0.05, 0) is 74.2 Å². The lowest BCUT2D eigenvalue weighted by molar-refractivity contribution is 0.214. The van der Waals surface area contributed by atoms with Crippen molar-refractivity contribution in [2.24, 2.45) is 0 Å². The molecule has 0 saturated carbocycles. The van der Waals surface area contributed by atoms with E-state index in [-0.39, 0.29) is 10.9 Å². The molecular weight excluding hydrogens is 472 g/mol. The van der Waals surface area contributed by atoms with Gasteiger partial charge in [0.05, 0.1) is 11.5 Å². The third-order valence-electron chi connectivity index (χ3n) is 6.16. The molecule has 1 fully saturated rings. The summed E-state index contributed by atoms with van der Waals surface area (Å²) in [7, 11) is -3.60. The van der Waals surface area contributed by atoms with Gasteiger partial charge in [0.25, 0.3) is 0 Å². The molecule has 1 aromatic heterocycles. The van der Waals surface area contributed by atoms with Gasteiger partial charge in [0.2, 0.25) is 10.0 Å². The molecule has 0 radical (unpaired) electrons. The fourth-order valence-electron chi connectivity index (χ4n) is 4.25. The van der Waals surface area contributed by atoms with Gasteiger partial charge in [-0.1, -0.05) is 11.6 Å². The van der Waals surface area contributed by atoms with Crippen molar-refractivity contribution in [3.8, 4) is 5.75 Å². The molecule has 1 unspecified atom stereocenters. The van der Waals surface area contributed by atoms with Gasteiger partial charge in [0.1, 0.15) is 5.75 Å². The lowest BCUT2D eigenvalue weighted by Gasteiger charge is -2.26. The number of hydrogen-bond acceptors (Lipinski definition) is 5. The number of nitrogens with one attached hydrogen (secondary N) is 3. The normalized spacial score (nSPS) is 16.1. The van der Waals surface area contributed by atoms with Crippen LogP contribution in [0.1, 0.15) is 25.3 Å². The third kappa shape index (κ3) is 6.73. The summed E-state index contributed by atoms with van der Waals surface area (Å²) in [6, 6.07) is 12.2. The van der Waals surface area contributed by atoms with Crippen LogP contribution in [0.25, 0.3) is 10.9 Å². The lowest BCUT2D eigenvalue weighted by atomic mass is 10.1. The molecule has 0 spiro atoms. The van der Waals surface area contributed by atoms with Crippen LogP contribution < -0.4 is 14.8 Å². The Morgan fingerprint density at radius 2 is 1.91 bits per heavy atom. The largest absolute Gasteiger partial charge is 0.494 e. The number of benzene rings is 2. The quantitative estimate of drug-likeness (QED) is 0.346.